The molecule has 0 fully saturated rings. The van der Waals surface area contributed by atoms with Crippen LogP contribution in [0.15, 0.2) is 28.9 Å². The molecule has 4 heteroatoms. The Morgan fingerprint density at radius 2 is 2.00 bits per heavy atom. The van der Waals surface area contributed by atoms with Crippen LogP contribution in [0.1, 0.15) is 0 Å². The molecule has 2 rings (SSSR count). The predicted molar refractivity (Wildman–Crippen MR) is 59.5 cm³/mol. The molecule has 0 spiro atoms. The lowest BCUT2D eigenvalue weighted by Crippen LogP contribution is -1.81. The maximum Gasteiger partial charge on any atom is 0.0859 e. The fourth-order valence-corrected chi connectivity index (χ4v) is 2.26. The second kappa shape index (κ2) is 3.45. The van der Waals surface area contributed by atoms with E-state index in [2.05, 4.69) is 20.9 Å². The summed E-state index contributed by atoms with van der Waals surface area (Å²) >= 11 is 15.2. The van der Waals surface area contributed by atoms with Crippen LogP contribution in [-0.2, 0) is 0 Å². The summed E-state index contributed by atoms with van der Waals surface area (Å²) in [6.45, 7) is 0. The zero-order chi connectivity index (χ0) is 9.42. The maximum atomic E-state index is 5.98. The molecule has 0 bridgehead atoms. The summed E-state index contributed by atoms with van der Waals surface area (Å²) in [5.41, 5.74) is 0.830. The summed E-state index contributed by atoms with van der Waals surface area (Å²) in [6, 6.07) is 5.34. The zero-order valence-corrected chi connectivity index (χ0v) is 9.49. The van der Waals surface area contributed by atoms with Crippen LogP contribution in [-0.4, -0.2) is 4.98 Å². The maximum absolute atomic E-state index is 5.98. The van der Waals surface area contributed by atoms with Gasteiger partial charge in [0, 0.05) is 21.1 Å². The van der Waals surface area contributed by atoms with Crippen LogP contribution in [0.4, 0.5) is 0 Å². The van der Waals surface area contributed by atoms with Gasteiger partial charge in [0.2, 0.25) is 0 Å². The molecule has 2 aromatic rings. The van der Waals surface area contributed by atoms with Gasteiger partial charge in [-0.1, -0.05) is 23.2 Å². The van der Waals surface area contributed by atoms with Crippen molar-refractivity contribution in [2.24, 2.45) is 0 Å². The molecule has 0 atom stereocenters. The first-order valence-corrected chi connectivity index (χ1v) is 5.12. The molecule has 1 aromatic carbocycles. The van der Waals surface area contributed by atoms with Crippen molar-refractivity contribution in [3.63, 3.8) is 0 Å². The van der Waals surface area contributed by atoms with Crippen LogP contribution in [0.5, 0.6) is 0 Å². The number of fused-ring (bicyclic) bond motifs is 1. The van der Waals surface area contributed by atoms with Gasteiger partial charge in [0.15, 0.2) is 0 Å². The summed E-state index contributed by atoms with van der Waals surface area (Å²) in [7, 11) is 0. The zero-order valence-electron chi connectivity index (χ0n) is 6.39. The highest BCUT2D eigenvalue weighted by atomic mass is 79.9. The van der Waals surface area contributed by atoms with Gasteiger partial charge < -0.3 is 0 Å². The molecule has 66 valence electrons. The molecule has 13 heavy (non-hydrogen) atoms. The molecular weight excluding hydrogens is 273 g/mol. The molecule has 0 amide bonds. The third-order valence-electron chi connectivity index (χ3n) is 1.71. The van der Waals surface area contributed by atoms with Gasteiger partial charge in [0.05, 0.1) is 10.5 Å². The van der Waals surface area contributed by atoms with Gasteiger partial charge in [-0.3, -0.25) is 4.98 Å². The van der Waals surface area contributed by atoms with Crippen molar-refractivity contribution in [2.45, 2.75) is 0 Å². The van der Waals surface area contributed by atoms with Gasteiger partial charge in [-0.05, 0) is 34.1 Å². The number of hydrogen-bond acceptors (Lipinski definition) is 1. The highest BCUT2D eigenvalue weighted by Gasteiger charge is 2.04. The fraction of sp³-hybridized carbons (Fsp3) is 0. The van der Waals surface area contributed by atoms with E-state index in [9.17, 15) is 0 Å². The SMILES string of the molecule is Clc1cc(Br)c2nccc(Cl)c2c1. The lowest BCUT2D eigenvalue weighted by molar-refractivity contribution is 1.40. The van der Waals surface area contributed by atoms with Crippen molar-refractivity contribution in [3.8, 4) is 0 Å². The Hall–Kier alpha value is -0.310. The van der Waals surface area contributed by atoms with Crippen LogP contribution in [0.3, 0.4) is 0 Å². The van der Waals surface area contributed by atoms with Crippen molar-refractivity contribution in [1.29, 1.82) is 0 Å². The Kier molecular flexibility index (Phi) is 2.45. The minimum absolute atomic E-state index is 0.647. The number of rotatable bonds is 0. The molecule has 0 radical (unpaired) electrons. The Morgan fingerprint density at radius 1 is 1.23 bits per heavy atom. The summed E-state index contributed by atoms with van der Waals surface area (Å²) in [4.78, 5) is 4.19. The van der Waals surface area contributed by atoms with E-state index in [-0.39, 0.29) is 0 Å². The molecule has 0 saturated heterocycles. The summed E-state index contributed by atoms with van der Waals surface area (Å²) < 4.78 is 0.859. The van der Waals surface area contributed by atoms with Crippen molar-refractivity contribution in [1.82, 2.24) is 4.98 Å². The molecule has 1 heterocycles. The predicted octanol–water partition coefficient (Wildman–Crippen LogP) is 4.30. The molecule has 0 saturated carbocycles. The van der Waals surface area contributed by atoms with Crippen LogP contribution in [0.2, 0.25) is 10.0 Å². The highest BCUT2D eigenvalue weighted by molar-refractivity contribution is 9.10. The van der Waals surface area contributed by atoms with Gasteiger partial charge in [0.1, 0.15) is 0 Å². The molecule has 0 aliphatic carbocycles. The minimum Gasteiger partial charge on any atom is -0.255 e. The lowest BCUT2D eigenvalue weighted by atomic mass is 10.2. The smallest absolute Gasteiger partial charge is 0.0859 e. The van der Waals surface area contributed by atoms with Gasteiger partial charge in [0.25, 0.3) is 0 Å². The minimum atomic E-state index is 0.647. The van der Waals surface area contributed by atoms with Crippen LogP contribution < -0.4 is 0 Å². The third-order valence-corrected chi connectivity index (χ3v) is 2.86. The lowest BCUT2D eigenvalue weighted by Gasteiger charge is -2.02. The van der Waals surface area contributed by atoms with E-state index < -0.39 is 0 Å². The molecule has 0 aliphatic heterocycles. The molecule has 0 N–H and O–H groups in total. The van der Waals surface area contributed by atoms with Gasteiger partial charge >= 0.3 is 0 Å². The van der Waals surface area contributed by atoms with Crippen LogP contribution in [0.25, 0.3) is 10.9 Å². The van der Waals surface area contributed by atoms with E-state index in [1.807, 2.05) is 0 Å². The topological polar surface area (TPSA) is 12.9 Å². The molecule has 0 aliphatic rings. The monoisotopic (exact) mass is 275 g/mol. The summed E-state index contributed by atoms with van der Waals surface area (Å²) in [6.07, 6.45) is 1.67. The summed E-state index contributed by atoms with van der Waals surface area (Å²) in [5.74, 6) is 0. The van der Waals surface area contributed by atoms with Crippen molar-refractivity contribution >= 4 is 50.0 Å². The highest BCUT2D eigenvalue weighted by Crippen LogP contribution is 2.30. The van der Waals surface area contributed by atoms with Gasteiger partial charge in [-0.2, -0.15) is 0 Å². The number of benzene rings is 1. The van der Waals surface area contributed by atoms with Gasteiger partial charge in [-0.25, -0.2) is 0 Å². The van der Waals surface area contributed by atoms with Gasteiger partial charge in [-0.15, -0.1) is 0 Å². The number of hydrogen-bond donors (Lipinski definition) is 0. The Labute approximate surface area is 93.8 Å². The van der Waals surface area contributed by atoms with Crippen molar-refractivity contribution in [3.05, 3.63) is 38.9 Å². The van der Waals surface area contributed by atoms with E-state index in [1.54, 1.807) is 24.4 Å². The fourth-order valence-electron chi connectivity index (χ4n) is 1.15. The summed E-state index contributed by atoms with van der Waals surface area (Å²) in [5, 5.41) is 2.17. The Balaban J connectivity index is 2.94. The van der Waals surface area contributed by atoms with Crippen molar-refractivity contribution in [2.75, 3.05) is 0 Å². The van der Waals surface area contributed by atoms with E-state index >= 15 is 0 Å². The molecule has 1 aromatic heterocycles. The average Bonchev–Trinajstić information content (AvgIpc) is 2.07. The van der Waals surface area contributed by atoms with E-state index in [0.717, 1.165) is 15.4 Å². The average molecular weight is 277 g/mol. The number of nitrogens with zero attached hydrogens (tertiary/aromatic N) is 1. The van der Waals surface area contributed by atoms with Crippen LogP contribution in [0, 0.1) is 0 Å². The van der Waals surface area contributed by atoms with Crippen molar-refractivity contribution < 1.29 is 0 Å². The van der Waals surface area contributed by atoms with E-state index in [4.69, 9.17) is 23.2 Å². The number of halogens is 3. The first-order chi connectivity index (χ1) is 6.18. The molecule has 0 unspecified atom stereocenters. The second-order valence-corrected chi connectivity index (χ2v) is 4.27. The first-order valence-electron chi connectivity index (χ1n) is 3.58. The number of aromatic nitrogens is 1. The standard InChI is InChI=1S/C9H4BrCl2N/c10-7-4-5(11)3-6-8(12)1-2-13-9(6)7/h1-4H. The largest absolute Gasteiger partial charge is 0.255 e. The normalized spacial score (nSPS) is 10.7. The second-order valence-electron chi connectivity index (χ2n) is 2.58. The van der Waals surface area contributed by atoms with Crippen LogP contribution >= 0.6 is 39.1 Å². The number of pyridine rings is 1. The Bertz CT molecular complexity index is 470. The Morgan fingerprint density at radius 3 is 2.77 bits per heavy atom. The van der Waals surface area contributed by atoms with E-state index in [1.165, 1.54) is 0 Å². The quantitative estimate of drug-likeness (QED) is 0.699. The first kappa shape index (κ1) is 9.25. The molecule has 1 nitrogen and oxygen atoms in total. The third kappa shape index (κ3) is 1.66. The molecular formula is C9H4BrCl2N. The van der Waals surface area contributed by atoms with E-state index in [0.29, 0.717) is 10.0 Å².